The van der Waals surface area contributed by atoms with Gasteiger partial charge in [0.1, 0.15) is 0 Å². The normalized spacial score (nSPS) is 14.0. The molecule has 1 unspecified atom stereocenters. The lowest BCUT2D eigenvalue weighted by molar-refractivity contribution is -0.137. The van der Waals surface area contributed by atoms with Gasteiger partial charge in [0.25, 0.3) is 5.91 Å². The second-order valence-electron chi connectivity index (χ2n) is 6.64. The van der Waals surface area contributed by atoms with Crippen molar-refractivity contribution in [3.63, 3.8) is 0 Å². The minimum Gasteiger partial charge on any atom is -0.379 e. The molecule has 0 fully saturated rings. The van der Waals surface area contributed by atoms with Crippen LogP contribution in [0.15, 0.2) is 47.4 Å². The Morgan fingerprint density at radius 1 is 1.17 bits per heavy atom. The number of nitrogens with one attached hydrogen (secondary N) is 1. The highest BCUT2D eigenvalue weighted by molar-refractivity contribution is 7.91. The van der Waals surface area contributed by atoms with Gasteiger partial charge in [-0.05, 0) is 38.1 Å². The molecule has 0 radical (unpaired) electrons. The van der Waals surface area contributed by atoms with E-state index < -0.39 is 44.5 Å². The molecule has 2 aromatic carbocycles. The van der Waals surface area contributed by atoms with E-state index in [-0.39, 0.29) is 10.6 Å². The molecular weight excluding hydrogens is 409 g/mol. The van der Waals surface area contributed by atoms with Gasteiger partial charge >= 0.3 is 6.18 Å². The number of hydrogen-bond donors (Lipinski definition) is 2. The van der Waals surface area contributed by atoms with Crippen LogP contribution in [-0.2, 0) is 20.8 Å². The fourth-order valence-electron chi connectivity index (χ4n) is 2.47. The van der Waals surface area contributed by atoms with Crippen molar-refractivity contribution in [3.8, 4) is 0 Å². The molecule has 0 spiro atoms. The molecule has 6 nitrogen and oxygen atoms in total. The maximum Gasteiger partial charge on any atom is 0.407 e. The monoisotopic (exact) mass is 426 g/mol. The first-order valence-corrected chi connectivity index (χ1v) is 9.83. The van der Waals surface area contributed by atoms with E-state index >= 15 is 0 Å². The molecule has 1 amide bonds. The number of halogens is 3. The van der Waals surface area contributed by atoms with Crippen LogP contribution >= 0.6 is 0 Å². The maximum absolute atomic E-state index is 13.0. The van der Waals surface area contributed by atoms with Crippen LogP contribution in [0.25, 0.3) is 4.85 Å². The molecule has 2 N–H and O–H groups in total. The van der Waals surface area contributed by atoms with E-state index in [1.165, 1.54) is 12.1 Å². The highest BCUT2D eigenvalue weighted by atomic mass is 32.2. The van der Waals surface area contributed by atoms with Crippen LogP contribution in [0.4, 0.5) is 24.5 Å². The number of anilines is 1. The fourth-order valence-corrected chi connectivity index (χ4v) is 4.06. The molecular formula is C19H17F3N2O4S. The number of sulfone groups is 1. The van der Waals surface area contributed by atoms with Gasteiger partial charge < -0.3 is 10.4 Å². The van der Waals surface area contributed by atoms with Crippen LogP contribution in [-0.4, -0.2) is 30.8 Å². The van der Waals surface area contributed by atoms with Crippen LogP contribution in [0.3, 0.4) is 0 Å². The van der Waals surface area contributed by atoms with Crippen molar-refractivity contribution in [1.82, 2.24) is 0 Å². The highest BCUT2D eigenvalue weighted by Crippen LogP contribution is 2.38. The van der Waals surface area contributed by atoms with Crippen LogP contribution < -0.4 is 5.32 Å². The fraction of sp³-hybridized carbons (Fsp3) is 0.263. The van der Waals surface area contributed by atoms with Crippen LogP contribution in [0, 0.1) is 13.5 Å². The largest absolute Gasteiger partial charge is 0.407 e. The molecule has 154 valence electrons. The first-order valence-electron chi connectivity index (χ1n) is 8.18. The molecule has 2 rings (SSSR count). The summed E-state index contributed by atoms with van der Waals surface area (Å²) in [7, 11) is -4.04. The van der Waals surface area contributed by atoms with Crippen LogP contribution in [0.1, 0.15) is 18.1 Å². The number of carbonyl (C=O) groups is 1. The molecule has 0 aliphatic rings. The Kier molecular flexibility index (Phi) is 6.06. The van der Waals surface area contributed by atoms with Gasteiger partial charge in [-0.1, -0.05) is 23.8 Å². The second-order valence-corrected chi connectivity index (χ2v) is 8.63. The van der Waals surface area contributed by atoms with Crippen molar-refractivity contribution >= 4 is 27.1 Å². The Morgan fingerprint density at radius 3 is 2.28 bits per heavy atom. The molecule has 1 atom stereocenters. The highest BCUT2D eigenvalue weighted by Gasteiger charge is 2.38. The zero-order chi connectivity index (χ0) is 22.0. The van der Waals surface area contributed by atoms with E-state index in [0.29, 0.717) is 6.07 Å². The molecule has 0 heterocycles. The molecule has 0 aliphatic heterocycles. The number of nitrogens with zero attached hydrogens (tertiary/aromatic N) is 1. The number of carbonyl (C=O) groups excluding carboxylic acids is 1. The summed E-state index contributed by atoms with van der Waals surface area (Å²) in [5.41, 5.74) is -3.83. The number of amides is 1. The third-order valence-electron chi connectivity index (χ3n) is 4.02. The van der Waals surface area contributed by atoms with E-state index in [4.69, 9.17) is 6.57 Å². The van der Waals surface area contributed by atoms with E-state index in [9.17, 15) is 31.5 Å². The van der Waals surface area contributed by atoms with E-state index in [1.54, 1.807) is 19.1 Å². The average Bonchev–Trinajstić information content (AvgIpc) is 2.60. The average molecular weight is 426 g/mol. The first-order chi connectivity index (χ1) is 13.3. The van der Waals surface area contributed by atoms with Crippen LogP contribution in [0.2, 0.25) is 0 Å². The molecule has 0 aliphatic carbocycles. The molecule has 0 saturated heterocycles. The summed E-state index contributed by atoms with van der Waals surface area (Å²) in [5.74, 6) is -2.17. The van der Waals surface area contributed by atoms with E-state index in [1.807, 2.05) is 0 Å². The van der Waals surface area contributed by atoms with Crippen molar-refractivity contribution < 1.29 is 31.5 Å². The van der Waals surface area contributed by atoms with Crippen molar-refractivity contribution in [2.45, 2.75) is 30.5 Å². The smallest absolute Gasteiger partial charge is 0.379 e. The van der Waals surface area contributed by atoms with Gasteiger partial charge in [0.05, 0.1) is 22.8 Å². The van der Waals surface area contributed by atoms with Gasteiger partial charge in [0.15, 0.2) is 21.1 Å². The lowest BCUT2D eigenvalue weighted by Gasteiger charge is -2.22. The summed E-state index contributed by atoms with van der Waals surface area (Å²) in [6, 6.07) is 8.26. The van der Waals surface area contributed by atoms with Gasteiger partial charge in [-0.25, -0.2) is 13.3 Å². The number of rotatable bonds is 5. The maximum atomic E-state index is 13.0. The van der Waals surface area contributed by atoms with Crippen molar-refractivity contribution in [2.75, 3.05) is 11.1 Å². The minimum absolute atomic E-state index is 0.100. The number of aryl methyl sites for hydroxylation is 1. The van der Waals surface area contributed by atoms with Crippen molar-refractivity contribution in [1.29, 1.82) is 0 Å². The lowest BCUT2D eigenvalue weighted by Crippen LogP contribution is -2.45. The SMILES string of the molecule is [C-]#[N+]c1ccc(NC(=O)C(C)(O)CS(=O)(=O)c2ccc(C)cc2)cc1C(F)(F)F. The zero-order valence-electron chi connectivity index (χ0n) is 15.4. The molecule has 10 heteroatoms. The summed E-state index contributed by atoms with van der Waals surface area (Å²) >= 11 is 0. The Bertz CT molecular complexity index is 1070. The van der Waals surface area contributed by atoms with Gasteiger partial charge in [0.2, 0.25) is 0 Å². The molecule has 0 saturated carbocycles. The predicted molar refractivity (Wildman–Crippen MR) is 100 cm³/mol. The Hall–Kier alpha value is -2.90. The Balaban J connectivity index is 2.25. The Labute approximate surface area is 165 Å². The van der Waals surface area contributed by atoms with E-state index in [0.717, 1.165) is 24.6 Å². The number of hydrogen-bond acceptors (Lipinski definition) is 4. The third-order valence-corrected chi connectivity index (χ3v) is 5.95. The number of alkyl halides is 3. The first kappa shape index (κ1) is 22.4. The summed E-state index contributed by atoms with van der Waals surface area (Å²) < 4.78 is 64.0. The lowest BCUT2D eigenvalue weighted by atomic mass is 10.1. The molecule has 2 aromatic rings. The summed E-state index contributed by atoms with van der Waals surface area (Å²) in [6.45, 7) is 9.51. The summed E-state index contributed by atoms with van der Waals surface area (Å²) in [4.78, 5) is 15.0. The summed E-state index contributed by atoms with van der Waals surface area (Å²) in [5, 5.41) is 12.4. The van der Waals surface area contributed by atoms with Crippen molar-refractivity contribution in [2.24, 2.45) is 0 Å². The molecule has 0 aromatic heterocycles. The van der Waals surface area contributed by atoms with Crippen LogP contribution in [0.5, 0.6) is 0 Å². The summed E-state index contributed by atoms with van der Waals surface area (Å²) in [6.07, 6.45) is -4.82. The Morgan fingerprint density at radius 2 is 1.76 bits per heavy atom. The van der Waals surface area contributed by atoms with Gasteiger partial charge in [-0.3, -0.25) is 4.79 Å². The van der Waals surface area contributed by atoms with E-state index in [2.05, 4.69) is 10.2 Å². The number of benzene rings is 2. The van der Waals surface area contributed by atoms with Gasteiger partial charge in [-0.15, -0.1) is 0 Å². The standard InChI is InChI=1S/C19H17F3N2O4S/c1-12-4-7-14(8-5-12)29(27,28)11-18(2,26)17(25)24-13-6-9-16(23-3)15(10-13)19(20,21)22/h4-10,26H,11H2,1-2H3,(H,24,25). The zero-order valence-corrected chi connectivity index (χ0v) is 16.2. The molecule has 29 heavy (non-hydrogen) atoms. The second kappa shape index (κ2) is 7.85. The minimum atomic E-state index is -4.82. The van der Waals surface area contributed by atoms with Gasteiger partial charge in [-0.2, -0.15) is 13.2 Å². The predicted octanol–water partition coefficient (Wildman–Crippen LogP) is 3.73. The quantitative estimate of drug-likeness (QED) is 0.714. The van der Waals surface area contributed by atoms with Crippen molar-refractivity contribution in [3.05, 3.63) is 65.0 Å². The third kappa shape index (κ3) is 5.34. The topological polar surface area (TPSA) is 87.8 Å². The van der Waals surface area contributed by atoms with Gasteiger partial charge in [0, 0.05) is 5.69 Å². The number of aliphatic hydroxyl groups is 1. The molecule has 0 bridgehead atoms.